The van der Waals surface area contributed by atoms with Crippen molar-refractivity contribution in [3.05, 3.63) is 46.2 Å². The largest absolute Gasteiger partial charge is 0.486 e. The van der Waals surface area contributed by atoms with Gasteiger partial charge in [0.15, 0.2) is 21.3 Å². The molecule has 2 aliphatic rings. The number of hydrogen-bond donors (Lipinski definition) is 0. The predicted octanol–water partition coefficient (Wildman–Crippen LogP) is 2.52. The van der Waals surface area contributed by atoms with Crippen LogP contribution in [0.2, 0.25) is 0 Å². The Kier molecular flexibility index (Phi) is 4.62. The minimum atomic E-state index is -3.29. The highest BCUT2D eigenvalue weighted by Gasteiger charge is 2.34. The Morgan fingerprint density at radius 2 is 1.96 bits per heavy atom. The molecule has 0 saturated carbocycles. The third-order valence-corrected chi connectivity index (χ3v) is 7.93. The first-order valence-corrected chi connectivity index (χ1v) is 11.1. The van der Waals surface area contributed by atoms with Gasteiger partial charge in [0.2, 0.25) is 0 Å². The topological polar surface area (TPSA) is 72.9 Å². The average molecular weight is 393 g/mol. The first-order chi connectivity index (χ1) is 12.6. The quantitative estimate of drug-likeness (QED) is 0.784. The summed E-state index contributed by atoms with van der Waals surface area (Å²) in [6, 6.07) is 8.93. The molecule has 0 radical (unpaired) electrons. The van der Waals surface area contributed by atoms with E-state index in [2.05, 4.69) is 0 Å². The summed E-state index contributed by atoms with van der Waals surface area (Å²) in [5.74, 6) is 0.759. The van der Waals surface area contributed by atoms with Crippen molar-refractivity contribution in [3.63, 3.8) is 0 Å². The fourth-order valence-corrected chi connectivity index (χ4v) is 6.36. The van der Waals surface area contributed by atoms with Crippen molar-refractivity contribution in [1.82, 2.24) is 4.90 Å². The van der Waals surface area contributed by atoms with E-state index in [0.717, 1.165) is 4.88 Å². The number of thiophene rings is 1. The number of ether oxygens (including phenoxy) is 2. The molecule has 1 aromatic carbocycles. The van der Waals surface area contributed by atoms with Gasteiger partial charge in [0.25, 0.3) is 5.91 Å². The first kappa shape index (κ1) is 17.4. The zero-order valence-electron chi connectivity index (χ0n) is 14.1. The second-order valence-electron chi connectivity index (χ2n) is 6.28. The molecule has 1 atom stereocenters. The number of sulfone groups is 1. The van der Waals surface area contributed by atoms with E-state index >= 15 is 0 Å². The molecule has 8 heteroatoms. The molecule has 1 aromatic heterocycles. The van der Waals surface area contributed by atoms with Gasteiger partial charge in [-0.25, -0.2) is 8.42 Å². The van der Waals surface area contributed by atoms with E-state index in [1.165, 1.54) is 11.3 Å². The van der Waals surface area contributed by atoms with Crippen LogP contribution in [-0.2, 0) is 9.84 Å². The SMILES string of the molecule is O=C(c1cccc2c1OCCO2)N1CC[C@@H](c2cccs2)S(=O)(=O)CC1. The lowest BCUT2D eigenvalue weighted by Gasteiger charge is -2.24. The van der Waals surface area contributed by atoms with Gasteiger partial charge in [-0.3, -0.25) is 4.79 Å². The molecule has 1 fully saturated rings. The lowest BCUT2D eigenvalue weighted by atomic mass is 10.1. The van der Waals surface area contributed by atoms with Crippen LogP contribution in [0.25, 0.3) is 0 Å². The number of para-hydroxylation sites is 1. The van der Waals surface area contributed by atoms with Gasteiger partial charge in [-0.1, -0.05) is 12.1 Å². The summed E-state index contributed by atoms with van der Waals surface area (Å²) in [4.78, 5) is 15.5. The van der Waals surface area contributed by atoms with Crippen LogP contribution in [0, 0.1) is 0 Å². The average Bonchev–Trinajstić information content (AvgIpc) is 3.12. The van der Waals surface area contributed by atoms with Crippen LogP contribution in [-0.4, -0.2) is 51.3 Å². The van der Waals surface area contributed by atoms with E-state index in [1.807, 2.05) is 17.5 Å². The monoisotopic (exact) mass is 393 g/mol. The number of nitrogens with zero attached hydrogens (tertiary/aromatic N) is 1. The van der Waals surface area contributed by atoms with E-state index in [-0.39, 0.29) is 18.2 Å². The van der Waals surface area contributed by atoms with Crippen LogP contribution in [0.15, 0.2) is 35.7 Å². The molecule has 138 valence electrons. The van der Waals surface area contributed by atoms with Gasteiger partial charge in [0.05, 0.1) is 16.6 Å². The number of amides is 1. The molecule has 3 heterocycles. The number of carbonyl (C=O) groups is 1. The summed E-state index contributed by atoms with van der Waals surface area (Å²) < 4.78 is 36.5. The van der Waals surface area contributed by atoms with E-state index in [0.29, 0.717) is 43.2 Å². The number of carbonyl (C=O) groups excluding carboxylic acids is 1. The molecule has 1 amide bonds. The van der Waals surface area contributed by atoms with Crippen molar-refractivity contribution in [2.75, 3.05) is 32.1 Å². The summed E-state index contributed by atoms with van der Waals surface area (Å²) in [5, 5.41) is 1.34. The normalized spacial score (nSPS) is 21.8. The van der Waals surface area contributed by atoms with E-state index in [4.69, 9.17) is 9.47 Å². The molecule has 0 spiro atoms. The van der Waals surface area contributed by atoms with Crippen LogP contribution in [0.1, 0.15) is 26.9 Å². The molecule has 4 rings (SSSR count). The van der Waals surface area contributed by atoms with Gasteiger partial charge in [0.1, 0.15) is 13.2 Å². The standard InChI is InChI=1S/C18H19NO5S2/c20-18(13-3-1-4-14-17(13)24-10-9-23-14)19-7-6-16(15-5-2-11-25-15)26(21,22)12-8-19/h1-5,11,16H,6-10,12H2/t16-/m0/s1. The Morgan fingerprint density at radius 1 is 1.12 bits per heavy atom. The number of fused-ring (bicyclic) bond motifs is 1. The number of hydrogen-bond acceptors (Lipinski definition) is 6. The van der Waals surface area contributed by atoms with Crippen molar-refractivity contribution in [1.29, 1.82) is 0 Å². The Bertz CT molecular complexity index is 908. The van der Waals surface area contributed by atoms with Crippen molar-refractivity contribution in [2.24, 2.45) is 0 Å². The predicted molar refractivity (Wildman–Crippen MR) is 98.8 cm³/mol. The molecule has 6 nitrogen and oxygen atoms in total. The summed E-state index contributed by atoms with van der Waals surface area (Å²) in [6.07, 6.45) is 0.404. The molecular formula is C18H19NO5S2. The molecule has 0 N–H and O–H groups in total. The van der Waals surface area contributed by atoms with Crippen LogP contribution in [0.5, 0.6) is 11.5 Å². The molecule has 0 aliphatic carbocycles. The molecule has 2 aliphatic heterocycles. The Hall–Kier alpha value is -2.06. The summed E-state index contributed by atoms with van der Waals surface area (Å²) >= 11 is 1.45. The maximum absolute atomic E-state index is 13.0. The highest BCUT2D eigenvalue weighted by molar-refractivity contribution is 7.91. The van der Waals surface area contributed by atoms with Crippen LogP contribution >= 0.6 is 11.3 Å². The zero-order chi connectivity index (χ0) is 18.1. The third-order valence-electron chi connectivity index (χ3n) is 4.68. The summed E-state index contributed by atoms with van der Waals surface area (Å²) in [6.45, 7) is 1.43. The second kappa shape index (κ2) is 6.92. The highest BCUT2D eigenvalue weighted by atomic mass is 32.2. The lowest BCUT2D eigenvalue weighted by Crippen LogP contribution is -2.34. The minimum absolute atomic E-state index is 0.0340. The maximum Gasteiger partial charge on any atom is 0.257 e. The van der Waals surface area contributed by atoms with Gasteiger partial charge in [0, 0.05) is 18.0 Å². The molecule has 0 bridgehead atoms. The Morgan fingerprint density at radius 3 is 2.77 bits per heavy atom. The maximum atomic E-state index is 13.0. The Labute approximate surface area is 156 Å². The van der Waals surface area contributed by atoms with E-state index < -0.39 is 15.1 Å². The van der Waals surface area contributed by atoms with E-state index in [1.54, 1.807) is 23.1 Å². The van der Waals surface area contributed by atoms with Crippen LogP contribution in [0.4, 0.5) is 0 Å². The fourth-order valence-electron chi connectivity index (χ4n) is 3.35. The molecule has 26 heavy (non-hydrogen) atoms. The highest BCUT2D eigenvalue weighted by Crippen LogP contribution is 2.36. The van der Waals surface area contributed by atoms with Gasteiger partial charge in [-0.2, -0.15) is 0 Å². The van der Waals surface area contributed by atoms with Gasteiger partial charge in [-0.15, -0.1) is 11.3 Å². The number of benzene rings is 1. The fraction of sp³-hybridized carbons (Fsp3) is 0.389. The second-order valence-corrected chi connectivity index (χ2v) is 9.56. The minimum Gasteiger partial charge on any atom is -0.486 e. The third kappa shape index (κ3) is 3.19. The van der Waals surface area contributed by atoms with Gasteiger partial charge in [-0.05, 0) is 30.0 Å². The smallest absolute Gasteiger partial charge is 0.257 e. The van der Waals surface area contributed by atoms with Crippen molar-refractivity contribution < 1.29 is 22.7 Å². The number of rotatable bonds is 2. The summed E-state index contributed by atoms with van der Waals surface area (Å²) in [5.41, 5.74) is 0.425. The molecular weight excluding hydrogens is 374 g/mol. The van der Waals surface area contributed by atoms with Crippen molar-refractivity contribution in [3.8, 4) is 11.5 Å². The lowest BCUT2D eigenvalue weighted by molar-refractivity contribution is 0.0756. The van der Waals surface area contributed by atoms with E-state index in [9.17, 15) is 13.2 Å². The Balaban J connectivity index is 1.59. The van der Waals surface area contributed by atoms with Gasteiger partial charge >= 0.3 is 0 Å². The van der Waals surface area contributed by atoms with Gasteiger partial charge < -0.3 is 14.4 Å². The first-order valence-electron chi connectivity index (χ1n) is 8.49. The van der Waals surface area contributed by atoms with Crippen LogP contribution < -0.4 is 9.47 Å². The zero-order valence-corrected chi connectivity index (χ0v) is 15.7. The molecule has 0 unspecified atom stereocenters. The van der Waals surface area contributed by atoms with Crippen LogP contribution in [0.3, 0.4) is 0 Å². The molecule has 2 aromatic rings. The summed E-state index contributed by atoms with van der Waals surface area (Å²) in [7, 11) is -3.29. The van der Waals surface area contributed by atoms with Crippen molar-refractivity contribution >= 4 is 27.1 Å². The van der Waals surface area contributed by atoms with Crippen molar-refractivity contribution in [2.45, 2.75) is 11.7 Å². The molecule has 1 saturated heterocycles.